The van der Waals surface area contributed by atoms with Crippen molar-refractivity contribution in [3.63, 3.8) is 0 Å². The van der Waals surface area contributed by atoms with Crippen LogP contribution in [0.15, 0.2) is 4.52 Å². The third-order valence-electron chi connectivity index (χ3n) is 3.30. The van der Waals surface area contributed by atoms with E-state index in [9.17, 15) is 0 Å². The minimum absolute atomic E-state index is 0.471. The molecule has 6 heteroatoms. The van der Waals surface area contributed by atoms with Crippen LogP contribution in [-0.2, 0) is 21.7 Å². The molecule has 1 fully saturated rings. The molecule has 0 spiro atoms. The molecule has 1 aliphatic heterocycles. The molecule has 0 atom stereocenters. The van der Waals surface area contributed by atoms with Crippen LogP contribution in [0.3, 0.4) is 0 Å². The number of unbranched alkanes of at least 4 members (excludes halogenated alkanes) is 1. The van der Waals surface area contributed by atoms with Crippen LogP contribution in [0.4, 0.5) is 0 Å². The molecule has 0 aliphatic carbocycles. The lowest BCUT2D eigenvalue weighted by atomic mass is 10.00. The van der Waals surface area contributed by atoms with E-state index in [0.29, 0.717) is 19.2 Å². The number of nitrogens with zero attached hydrogens (tertiary/aromatic N) is 1. The molecule has 0 radical (unpaired) electrons. The molecular weight excluding hydrogens is 361 g/mol. The first kappa shape index (κ1) is 15.1. The van der Waals surface area contributed by atoms with E-state index in [4.69, 9.17) is 17.1 Å². The standard InChI is InChI=1S/C13H20INO4/c1-3-5-6-10-11(15-19-12(10)18-14)13(7-4-2)16-8-9-17-13/h3-9H2,1-2H3. The van der Waals surface area contributed by atoms with Gasteiger partial charge in [-0.3, -0.25) is 0 Å². The van der Waals surface area contributed by atoms with E-state index in [0.717, 1.165) is 43.4 Å². The molecule has 2 heterocycles. The summed E-state index contributed by atoms with van der Waals surface area (Å²) in [4.78, 5) is 0. The molecular formula is C13H20INO4. The molecule has 0 amide bonds. The molecule has 1 aromatic heterocycles. The van der Waals surface area contributed by atoms with E-state index in [1.54, 1.807) is 0 Å². The van der Waals surface area contributed by atoms with Crippen LogP contribution < -0.4 is 3.07 Å². The Kier molecular flexibility index (Phi) is 5.47. The summed E-state index contributed by atoms with van der Waals surface area (Å²) < 4.78 is 22.2. The number of ether oxygens (including phenoxy) is 2. The summed E-state index contributed by atoms with van der Waals surface area (Å²) in [5.41, 5.74) is 1.73. The average molecular weight is 381 g/mol. The van der Waals surface area contributed by atoms with Crippen molar-refractivity contribution >= 4 is 23.0 Å². The zero-order valence-electron chi connectivity index (χ0n) is 11.4. The van der Waals surface area contributed by atoms with Crippen molar-refractivity contribution in [2.45, 2.75) is 51.7 Å². The van der Waals surface area contributed by atoms with Gasteiger partial charge in [0.2, 0.25) is 5.79 Å². The summed E-state index contributed by atoms with van der Waals surface area (Å²) in [6.07, 6.45) is 4.77. The Morgan fingerprint density at radius 3 is 2.58 bits per heavy atom. The van der Waals surface area contributed by atoms with Gasteiger partial charge < -0.3 is 17.1 Å². The van der Waals surface area contributed by atoms with Crippen molar-refractivity contribution in [2.75, 3.05) is 13.2 Å². The molecule has 19 heavy (non-hydrogen) atoms. The minimum atomic E-state index is -0.741. The van der Waals surface area contributed by atoms with Crippen molar-refractivity contribution < 1.29 is 17.1 Å². The van der Waals surface area contributed by atoms with Gasteiger partial charge in [0, 0.05) is 6.42 Å². The largest absolute Gasteiger partial charge is 0.392 e. The highest BCUT2D eigenvalue weighted by Gasteiger charge is 2.43. The van der Waals surface area contributed by atoms with Crippen LogP contribution in [0.1, 0.15) is 50.8 Å². The van der Waals surface area contributed by atoms with Gasteiger partial charge in [-0.25, -0.2) is 0 Å². The van der Waals surface area contributed by atoms with Gasteiger partial charge in [0.1, 0.15) is 5.69 Å². The Morgan fingerprint density at radius 1 is 1.26 bits per heavy atom. The molecule has 2 rings (SSSR count). The van der Waals surface area contributed by atoms with Crippen LogP contribution in [0, 0.1) is 0 Å². The maximum atomic E-state index is 5.84. The minimum Gasteiger partial charge on any atom is -0.392 e. The van der Waals surface area contributed by atoms with Crippen LogP contribution in [0.2, 0.25) is 0 Å². The molecule has 5 nitrogen and oxygen atoms in total. The number of halogens is 1. The van der Waals surface area contributed by atoms with E-state index in [2.05, 4.69) is 19.0 Å². The Bertz CT molecular complexity index is 401. The predicted molar refractivity (Wildman–Crippen MR) is 78.3 cm³/mol. The van der Waals surface area contributed by atoms with Gasteiger partial charge in [-0.15, -0.1) is 0 Å². The second-order valence-electron chi connectivity index (χ2n) is 4.68. The first-order valence-corrected chi connectivity index (χ1v) is 7.71. The topological polar surface area (TPSA) is 53.7 Å². The zero-order valence-corrected chi connectivity index (χ0v) is 13.6. The van der Waals surface area contributed by atoms with Gasteiger partial charge in [-0.1, -0.05) is 31.8 Å². The van der Waals surface area contributed by atoms with Crippen LogP contribution in [0.25, 0.3) is 0 Å². The van der Waals surface area contributed by atoms with Crippen molar-refractivity contribution in [3.05, 3.63) is 11.3 Å². The van der Waals surface area contributed by atoms with Crippen molar-refractivity contribution in [2.24, 2.45) is 0 Å². The lowest BCUT2D eigenvalue weighted by molar-refractivity contribution is -0.175. The maximum Gasteiger partial charge on any atom is 0.324 e. The first-order valence-electron chi connectivity index (χ1n) is 6.83. The first-order chi connectivity index (χ1) is 9.27. The summed E-state index contributed by atoms with van der Waals surface area (Å²) >= 11 is 1.82. The Morgan fingerprint density at radius 2 is 2.00 bits per heavy atom. The average Bonchev–Trinajstić information content (AvgIpc) is 3.03. The zero-order chi connectivity index (χ0) is 13.7. The Hall–Kier alpha value is -0.340. The lowest BCUT2D eigenvalue weighted by Gasteiger charge is -2.25. The van der Waals surface area contributed by atoms with E-state index < -0.39 is 5.79 Å². The van der Waals surface area contributed by atoms with Crippen LogP contribution in [-0.4, -0.2) is 18.4 Å². The summed E-state index contributed by atoms with van der Waals surface area (Å²) in [7, 11) is 0. The van der Waals surface area contributed by atoms with E-state index >= 15 is 0 Å². The molecule has 0 saturated carbocycles. The molecule has 108 valence electrons. The quantitative estimate of drug-likeness (QED) is 0.674. The monoisotopic (exact) mass is 381 g/mol. The third-order valence-corrected chi connectivity index (χ3v) is 3.70. The Balaban J connectivity index is 2.33. The van der Waals surface area contributed by atoms with Gasteiger partial charge in [0.25, 0.3) is 0 Å². The number of hydrogen-bond acceptors (Lipinski definition) is 5. The summed E-state index contributed by atoms with van der Waals surface area (Å²) in [5.74, 6) is -0.270. The highest BCUT2D eigenvalue weighted by Crippen LogP contribution is 2.40. The molecule has 0 aromatic carbocycles. The van der Waals surface area contributed by atoms with Gasteiger partial charge >= 0.3 is 5.95 Å². The maximum absolute atomic E-state index is 5.84. The highest BCUT2D eigenvalue weighted by molar-refractivity contribution is 14.1. The smallest absolute Gasteiger partial charge is 0.324 e. The predicted octanol–water partition coefficient (Wildman–Crippen LogP) is 3.75. The van der Waals surface area contributed by atoms with E-state index in [1.165, 1.54) is 0 Å². The SMILES string of the molecule is CCCCc1c(C2(CCC)OCCO2)noc1OI. The van der Waals surface area contributed by atoms with Crippen molar-refractivity contribution in [3.8, 4) is 5.95 Å². The Labute approximate surface area is 127 Å². The number of rotatable bonds is 7. The van der Waals surface area contributed by atoms with Gasteiger partial charge in [-0.05, 0) is 12.8 Å². The molecule has 1 aliphatic rings. The van der Waals surface area contributed by atoms with Crippen LogP contribution in [0.5, 0.6) is 5.95 Å². The molecule has 1 aromatic rings. The van der Waals surface area contributed by atoms with Crippen molar-refractivity contribution in [1.82, 2.24) is 5.16 Å². The third kappa shape index (κ3) is 3.05. The fraction of sp³-hybridized carbons (Fsp3) is 0.769. The van der Waals surface area contributed by atoms with Gasteiger partial charge in [0.05, 0.1) is 18.8 Å². The normalized spacial score (nSPS) is 17.8. The summed E-state index contributed by atoms with van der Waals surface area (Å²) in [5, 5.41) is 4.16. The van der Waals surface area contributed by atoms with Gasteiger partial charge in [0.15, 0.2) is 23.0 Å². The van der Waals surface area contributed by atoms with E-state index in [1.807, 2.05) is 23.0 Å². The van der Waals surface area contributed by atoms with Crippen molar-refractivity contribution in [1.29, 1.82) is 0 Å². The fourth-order valence-electron chi connectivity index (χ4n) is 2.41. The number of aromatic nitrogens is 1. The fourth-order valence-corrected chi connectivity index (χ4v) is 2.76. The summed E-state index contributed by atoms with van der Waals surface area (Å²) in [6, 6.07) is 0. The summed E-state index contributed by atoms with van der Waals surface area (Å²) in [6.45, 7) is 5.46. The molecule has 0 N–H and O–H groups in total. The van der Waals surface area contributed by atoms with Crippen LogP contribution >= 0.6 is 23.0 Å². The van der Waals surface area contributed by atoms with E-state index in [-0.39, 0.29) is 0 Å². The second-order valence-corrected chi connectivity index (χ2v) is 5.12. The van der Waals surface area contributed by atoms with Gasteiger partial charge in [-0.2, -0.15) is 0 Å². The molecule has 0 bridgehead atoms. The lowest BCUT2D eigenvalue weighted by Crippen LogP contribution is -2.28. The second kappa shape index (κ2) is 6.90. The molecule has 1 saturated heterocycles. The highest BCUT2D eigenvalue weighted by atomic mass is 127. The number of hydrogen-bond donors (Lipinski definition) is 0. The molecule has 0 unspecified atom stereocenters.